The van der Waals surface area contributed by atoms with Crippen molar-refractivity contribution in [2.75, 3.05) is 5.32 Å². The van der Waals surface area contributed by atoms with Gasteiger partial charge in [0.25, 0.3) is 0 Å². The molecule has 1 saturated heterocycles. The largest absolute Gasteiger partial charge is 0.326 e. The average molecular weight is 364 g/mol. The van der Waals surface area contributed by atoms with Gasteiger partial charge in [-0.05, 0) is 31.2 Å². The maximum Gasteiger partial charge on any atom is 0.240 e. The molecule has 0 spiro atoms. The Hall–Kier alpha value is -2.22. The highest BCUT2D eigenvalue weighted by Crippen LogP contribution is 2.24. The van der Waals surface area contributed by atoms with Gasteiger partial charge in [-0.2, -0.15) is 5.10 Å². The molecule has 0 bridgehead atoms. The number of amidine groups is 1. The number of carbonyl (C=O) groups excluding carboxylic acids is 2. The number of hydrogen-bond acceptors (Lipinski definition) is 5. The highest BCUT2D eigenvalue weighted by molar-refractivity contribution is 8.15. The Morgan fingerprint density at radius 3 is 2.56 bits per heavy atom. The van der Waals surface area contributed by atoms with Gasteiger partial charge in [-0.3, -0.25) is 9.59 Å². The van der Waals surface area contributed by atoms with Crippen LogP contribution in [0, 0.1) is 11.2 Å². The summed E-state index contributed by atoms with van der Waals surface area (Å²) in [6.07, 6.45) is -0.00510. The van der Waals surface area contributed by atoms with Crippen LogP contribution in [0.1, 0.15) is 34.1 Å². The van der Waals surface area contributed by atoms with E-state index >= 15 is 0 Å². The fourth-order valence-electron chi connectivity index (χ4n) is 1.77. The molecule has 1 aromatic carbocycles. The van der Waals surface area contributed by atoms with E-state index in [2.05, 4.69) is 20.8 Å². The first-order valence-corrected chi connectivity index (χ1v) is 8.69. The van der Waals surface area contributed by atoms with E-state index in [1.165, 1.54) is 36.0 Å². The van der Waals surface area contributed by atoms with Gasteiger partial charge >= 0.3 is 0 Å². The molecular weight excluding hydrogens is 343 g/mol. The van der Waals surface area contributed by atoms with Gasteiger partial charge < -0.3 is 10.6 Å². The Bertz CT molecular complexity index is 723. The predicted molar refractivity (Wildman–Crippen MR) is 99.2 cm³/mol. The molecule has 8 heteroatoms. The fraction of sp³-hybridized carbons (Fsp3) is 0.412. The molecular formula is C17H21FN4O2S. The van der Waals surface area contributed by atoms with E-state index in [0.29, 0.717) is 10.9 Å². The van der Waals surface area contributed by atoms with Crippen LogP contribution >= 0.6 is 11.8 Å². The fourth-order valence-corrected chi connectivity index (χ4v) is 2.69. The number of nitrogens with one attached hydrogen (secondary N) is 2. The van der Waals surface area contributed by atoms with Crippen LogP contribution in [-0.4, -0.2) is 27.9 Å². The molecule has 1 fully saturated rings. The lowest BCUT2D eigenvalue weighted by atomic mass is 9.91. The Balaban J connectivity index is 1.94. The summed E-state index contributed by atoms with van der Waals surface area (Å²) in [6.45, 7) is 7.94. The molecule has 0 saturated carbocycles. The Morgan fingerprint density at radius 1 is 1.32 bits per heavy atom. The number of rotatable bonds is 4. The van der Waals surface area contributed by atoms with Crippen LogP contribution in [0.3, 0.4) is 0 Å². The summed E-state index contributed by atoms with van der Waals surface area (Å²) >= 11 is 1.17. The first-order valence-electron chi connectivity index (χ1n) is 7.81. The van der Waals surface area contributed by atoms with E-state index in [1.54, 1.807) is 0 Å². The maximum absolute atomic E-state index is 12.9. The zero-order valence-corrected chi connectivity index (χ0v) is 15.4. The van der Waals surface area contributed by atoms with Gasteiger partial charge in [0.2, 0.25) is 11.8 Å². The van der Waals surface area contributed by atoms with Gasteiger partial charge in [-0.1, -0.05) is 32.5 Å². The van der Waals surface area contributed by atoms with Crippen molar-refractivity contribution in [2.24, 2.45) is 15.6 Å². The van der Waals surface area contributed by atoms with Crippen molar-refractivity contribution in [1.29, 1.82) is 0 Å². The lowest BCUT2D eigenvalue weighted by molar-refractivity contribution is -0.122. The molecule has 0 aromatic heterocycles. The number of thioether (sulfide) groups is 1. The van der Waals surface area contributed by atoms with Crippen molar-refractivity contribution < 1.29 is 14.0 Å². The standard InChI is InChI=1S/C17H21FN4O2S/c1-10(17(2,3)4)21-22-16-20-15(24)13(25-16)9-14(23)19-12-7-5-11(18)6-8-12/h5-8,13H,9H2,1-4H3,(H,19,23)(H,20,22,24)/t13-/m0/s1. The summed E-state index contributed by atoms with van der Waals surface area (Å²) in [5, 5.41) is 13.3. The molecule has 1 aliphatic rings. The van der Waals surface area contributed by atoms with Gasteiger partial charge in [0, 0.05) is 23.2 Å². The molecule has 6 nitrogen and oxygen atoms in total. The third kappa shape index (κ3) is 5.67. The quantitative estimate of drug-likeness (QED) is 0.636. The molecule has 2 N–H and O–H groups in total. The molecule has 2 amide bonds. The minimum Gasteiger partial charge on any atom is -0.326 e. The molecule has 0 unspecified atom stereocenters. The highest BCUT2D eigenvalue weighted by Gasteiger charge is 2.32. The Kier molecular flexibility index (Phi) is 5.94. The summed E-state index contributed by atoms with van der Waals surface area (Å²) in [7, 11) is 0. The molecule has 25 heavy (non-hydrogen) atoms. The van der Waals surface area contributed by atoms with Gasteiger partial charge in [-0.15, -0.1) is 5.10 Å². The van der Waals surface area contributed by atoms with Crippen LogP contribution in [0.4, 0.5) is 10.1 Å². The van der Waals surface area contributed by atoms with Crippen LogP contribution in [-0.2, 0) is 9.59 Å². The lowest BCUT2D eigenvalue weighted by Crippen LogP contribution is -2.28. The molecule has 0 aliphatic carbocycles. The van der Waals surface area contributed by atoms with Gasteiger partial charge in [0.15, 0.2) is 5.17 Å². The minimum atomic E-state index is -0.565. The van der Waals surface area contributed by atoms with E-state index in [9.17, 15) is 14.0 Å². The number of anilines is 1. The van der Waals surface area contributed by atoms with E-state index in [1.807, 2.05) is 27.7 Å². The van der Waals surface area contributed by atoms with Crippen LogP contribution < -0.4 is 10.6 Å². The van der Waals surface area contributed by atoms with E-state index in [-0.39, 0.29) is 29.5 Å². The van der Waals surface area contributed by atoms with Gasteiger partial charge in [0.05, 0.1) is 0 Å². The van der Waals surface area contributed by atoms with Crippen molar-refractivity contribution >= 4 is 40.1 Å². The third-order valence-electron chi connectivity index (χ3n) is 3.65. The van der Waals surface area contributed by atoms with Crippen molar-refractivity contribution in [1.82, 2.24) is 5.32 Å². The van der Waals surface area contributed by atoms with Crippen LogP contribution in [0.25, 0.3) is 0 Å². The van der Waals surface area contributed by atoms with Crippen LogP contribution in [0.2, 0.25) is 0 Å². The van der Waals surface area contributed by atoms with Crippen LogP contribution in [0.5, 0.6) is 0 Å². The zero-order valence-electron chi connectivity index (χ0n) is 14.6. The number of halogens is 1. The molecule has 134 valence electrons. The molecule has 1 aliphatic heterocycles. The molecule has 1 aromatic rings. The van der Waals surface area contributed by atoms with Crippen molar-refractivity contribution in [3.05, 3.63) is 30.1 Å². The lowest BCUT2D eigenvalue weighted by Gasteiger charge is -2.16. The van der Waals surface area contributed by atoms with Crippen LogP contribution in [0.15, 0.2) is 34.5 Å². The molecule has 1 heterocycles. The van der Waals surface area contributed by atoms with E-state index in [4.69, 9.17) is 0 Å². The zero-order chi connectivity index (χ0) is 18.6. The summed E-state index contributed by atoms with van der Waals surface area (Å²) in [6, 6.07) is 5.44. The number of carbonyl (C=O) groups is 2. The summed E-state index contributed by atoms with van der Waals surface area (Å²) in [5.41, 5.74) is 1.22. The minimum absolute atomic E-state index is 0.00510. The molecule has 2 rings (SSSR count). The average Bonchev–Trinajstić information content (AvgIpc) is 2.86. The van der Waals surface area contributed by atoms with Gasteiger partial charge in [0.1, 0.15) is 11.1 Å². The smallest absolute Gasteiger partial charge is 0.240 e. The maximum atomic E-state index is 12.9. The second-order valence-corrected chi connectivity index (χ2v) is 7.89. The van der Waals surface area contributed by atoms with E-state index < -0.39 is 5.25 Å². The van der Waals surface area contributed by atoms with Crippen molar-refractivity contribution in [2.45, 2.75) is 39.4 Å². The Morgan fingerprint density at radius 2 is 1.96 bits per heavy atom. The number of nitrogens with zero attached hydrogens (tertiary/aromatic N) is 2. The number of hydrogen-bond donors (Lipinski definition) is 2. The summed E-state index contributed by atoms with van der Waals surface area (Å²) in [4.78, 5) is 24.0. The monoisotopic (exact) mass is 364 g/mol. The normalized spacial score (nSPS) is 19.9. The first-order chi connectivity index (χ1) is 11.6. The van der Waals surface area contributed by atoms with Gasteiger partial charge in [-0.25, -0.2) is 4.39 Å². The molecule has 0 radical (unpaired) electrons. The van der Waals surface area contributed by atoms with E-state index in [0.717, 1.165) is 5.71 Å². The molecule has 1 atom stereocenters. The topological polar surface area (TPSA) is 82.9 Å². The number of amides is 2. The summed E-state index contributed by atoms with van der Waals surface area (Å²) in [5.74, 6) is -0.979. The predicted octanol–water partition coefficient (Wildman–Crippen LogP) is 3.16. The van der Waals surface area contributed by atoms with Crippen molar-refractivity contribution in [3.8, 4) is 0 Å². The SMILES string of the molecule is CC(=NN=C1NC(=O)[C@H](CC(=O)Nc2ccc(F)cc2)S1)C(C)(C)C. The first kappa shape index (κ1) is 19.1. The Labute approximate surface area is 150 Å². The second-order valence-electron chi connectivity index (χ2n) is 6.70. The van der Waals surface area contributed by atoms with Crippen molar-refractivity contribution in [3.63, 3.8) is 0 Å². The third-order valence-corrected chi connectivity index (χ3v) is 4.72. The summed E-state index contributed by atoms with van der Waals surface area (Å²) < 4.78 is 12.9. The number of benzene rings is 1. The second kappa shape index (κ2) is 7.77. The highest BCUT2D eigenvalue weighted by atomic mass is 32.2.